The van der Waals surface area contributed by atoms with Crippen LogP contribution in [-0.2, 0) is 26.3 Å². The lowest BCUT2D eigenvalue weighted by Crippen LogP contribution is -2.52. The number of hydrogen-bond donors (Lipinski definition) is 1. The summed E-state index contributed by atoms with van der Waals surface area (Å²) in [6.45, 7) is 3.11. The van der Waals surface area contributed by atoms with E-state index in [-0.39, 0.29) is 12.2 Å². The van der Waals surface area contributed by atoms with Gasteiger partial charge in [-0.25, -0.2) is 13.1 Å². The number of nitrogens with zero attached hydrogens (tertiary/aromatic N) is 3. The molecule has 0 aromatic heterocycles. The van der Waals surface area contributed by atoms with Crippen molar-refractivity contribution in [1.29, 1.82) is 0 Å². The lowest BCUT2D eigenvalue weighted by atomic mass is 10.1. The van der Waals surface area contributed by atoms with Gasteiger partial charge in [0.2, 0.25) is 11.8 Å². The molecule has 2 aromatic carbocycles. The predicted octanol–water partition coefficient (Wildman–Crippen LogP) is 2.91. The molecule has 0 aliphatic carbocycles. The summed E-state index contributed by atoms with van der Waals surface area (Å²) in [7, 11) is -1.71. The first-order chi connectivity index (χ1) is 16.5. The Hall–Kier alpha value is -3.05. The lowest BCUT2D eigenvalue weighted by molar-refractivity contribution is -0.139. The SMILES string of the molecule is CCCCNC(=O)[C@@H](C)N(Cc1ccc(F)cc1)C(=O)CN(c1ccccc1F)S(=O)(=O)N(C)C. The first-order valence-electron chi connectivity index (χ1n) is 11.2. The monoisotopic (exact) mass is 510 g/mol. The molecule has 11 heteroatoms. The van der Waals surface area contributed by atoms with Crippen LogP contribution in [-0.4, -0.2) is 62.7 Å². The second-order valence-electron chi connectivity index (χ2n) is 8.22. The number of benzene rings is 2. The number of rotatable bonds is 12. The molecule has 0 saturated heterocycles. The molecule has 0 heterocycles. The number of carbonyl (C=O) groups excluding carboxylic acids is 2. The van der Waals surface area contributed by atoms with Gasteiger partial charge in [0.1, 0.15) is 24.2 Å². The first-order valence-corrected chi connectivity index (χ1v) is 12.6. The van der Waals surface area contributed by atoms with Crippen LogP contribution in [0.5, 0.6) is 0 Å². The topological polar surface area (TPSA) is 90.0 Å². The number of anilines is 1. The maximum absolute atomic E-state index is 14.6. The Morgan fingerprint density at radius 1 is 1.03 bits per heavy atom. The molecule has 0 aliphatic heterocycles. The summed E-state index contributed by atoms with van der Waals surface area (Å²) in [4.78, 5) is 27.4. The van der Waals surface area contributed by atoms with E-state index in [4.69, 9.17) is 0 Å². The summed E-state index contributed by atoms with van der Waals surface area (Å²) in [6, 6.07) is 9.66. The van der Waals surface area contributed by atoms with Crippen LogP contribution >= 0.6 is 0 Å². The zero-order chi connectivity index (χ0) is 26.2. The van der Waals surface area contributed by atoms with Crippen molar-refractivity contribution in [2.24, 2.45) is 0 Å². The lowest BCUT2D eigenvalue weighted by Gasteiger charge is -2.33. The van der Waals surface area contributed by atoms with Crippen LogP contribution in [0.2, 0.25) is 0 Å². The van der Waals surface area contributed by atoms with Crippen molar-refractivity contribution < 1.29 is 26.8 Å². The molecule has 35 heavy (non-hydrogen) atoms. The Labute approximate surface area is 205 Å². The van der Waals surface area contributed by atoms with Crippen molar-refractivity contribution in [3.8, 4) is 0 Å². The number of carbonyl (C=O) groups is 2. The molecule has 0 saturated carbocycles. The molecule has 8 nitrogen and oxygen atoms in total. The van der Waals surface area contributed by atoms with Gasteiger partial charge in [-0.3, -0.25) is 9.59 Å². The molecule has 1 atom stereocenters. The summed E-state index contributed by atoms with van der Waals surface area (Å²) in [6.07, 6.45) is 1.62. The van der Waals surface area contributed by atoms with Crippen LogP contribution in [0, 0.1) is 11.6 Å². The van der Waals surface area contributed by atoms with Crippen LogP contribution < -0.4 is 9.62 Å². The number of hydrogen-bond acceptors (Lipinski definition) is 4. The van der Waals surface area contributed by atoms with Gasteiger partial charge in [0, 0.05) is 27.2 Å². The van der Waals surface area contributed by atoms with Gasteiger partial charge in [-0.2, -0.15) is 12.7 Å². The van der Waals surface area contributed by atoms with E-state index >= 15 is 0 Å². The zero-order valence-electron chi connectivity index (χ0n) is 20.4. The molecule has 0 unspecified atom stereocenters. The fourth-order valence-electron chi connectivity index (χ4n) is 3.26. The van der Waals surface area contributed by atoms with Gasteiger partial charge in [-0.15, -0.1) is 0 Å². The summed E-state index contributed by atoms with van der Waals surface area (Å²) in [5.74, 6) is -2.41. The molecule has 2 rings (SSSR count). The molecule has 0 radical (unpaired) electrons. The zero-order valence-corrected chi connectivity index (χ0v) is 21.2. The number of halogens is 2. The second-order valence-corrected chi connectivity index (χ2v) is 10.3. The Balaban J connectivity index is 2.42. The van der Waals surface area contributed by atoms with E-state index in [1.54, 1.807) is 0 Å². The Morgan fingerprint density at radius 3 is 2.23 bits per heavy atom. The van der Waals surface area contributed by atoms with Crippen molar-refractivity contribution in [2.75, 3.05) is 31.5 Å². The summed E-state index contributed by atoms with van der Waals surface area (Å²) in [5, 5.41) is 2.76. The maximum Gasteiger partial charge on any atom is 0.304 e. The molecule has 2 aromatic rings. The second kappa shape index (κ2) is 12.6. The van der Waals surface area contributed by atoms with Gasteiger partial charge in [-0.1, -0.05) is 37.6 Å². The van der Waals surface area contributed by atoms with Crippen LogP contribution in [0.1, 0.15) is 32.3 Å². The number of amides is 2. The Bertz CT molecular complexity index is 1110. The summed E-state index contributed by atoms with van der Waals surface area (Å²) >= 11 is 0. The van der Waals surface area contributed by atoms with Crippen LogP contribution in [0.4, 0.5) is 14.5 Å². The predicted molar refractivity (Wildman–Crippen MR) is 131 cm³/mol. The van der Waals surface area contributed by atoms with Crippen molar-refractivity contribution in [2.45, 2.75) is 39.3 Å². The highest BCUT2D eigenvalue weighted by molar-refractivity contribution is 7.90. The van der Waals surface area contributed by atoms with Crippen molar-refractivity contribution >= 4 is 27.7 Å². The van der Waals surface area contributed by atoms with Gasteiger partial charge >= 0.3 is 10.2 Å². The standard InChI is InChI=1S/C24H32F2N4O4S/c1-5-6-15-27-24(32)18(2)29(16-19-11-13-20(25)14-12-19)23(31)17-30(35(33,34)28(3)4)22-10-8-7-9-21(22)26/h7-14,18H,5-6,15-17H2,1-4H3,(H,27,32)/t18-/m1/s1. The average Bonchev–Trinajstić information content (AvgIpc) is 2.82. The van der Waals surface area contributed by atoms with Crippen molar-refractivity contribution in [3.63, 3.8) is 0 Å². The summed E-state index contributed by atoms with van der Waals surface area (Å²) in [5.41, 5.74) is 0.247. The van der Waals surface area contributed by atoms with Gasteiger partial charge in [0.25, 0.3) is 0 Å². The Morgan fingerprint density at radius 2 is 1.66 bits per heavy atom. The highest BCUT2D eigenvalue weighted by Crippen LogP contribution is 2.24. The number of nitrogens with one attached hydrogen (secondary N) is 1. The minimum Gasteiger partial charge on any atom is -0.354 e. The molecule has 1 N–H and O–H groups in total. The van der Waals surface area contributed by atoms with Gasteiger partial charge < -0.3 is 10.2 Å². The van der Waals surface area contributed by atoms with E-state index in [0.717, 1.165) is 23.2 Å². The molecular formula is C24H32F2N4O4S. The van der Waals surface area contributed by atoms with Gasteiger partial charge in [0.05, 0.1) is 5.69 Å². The molecule has 0 spiro atoms. The molecule has 192 valence electrons. The van der Waals surface area contributed by atoms with E-state index in [0.29, 0.717) is 16.4 Å². The average molecular weight is 511 g/mol. The minimum atomic E-state index is -4.26. The third-order valence-corrected chi connectivity index (χ3v) is 7.21. The fraction of sp³-hybridized carbons (Fsp3) is 0.417. The molecule has 0 fully saturated rings. The van der Waals surface area contributed by atoms with E-state index in [9.17, 15) is 26.8 Å². The molecule has 2 amide bonds. The van der Waals surface area contributed by atoms with E-state index in [1.165, 1.54) is 68.4 Å². The molecule has 0 bridgehead atoms. The van der Waals surface area contributed by atoms with Crippen LogP contribution in [0.15, 0.2) is 48.5 Å². The normalized spacial score (nSPS) is 12.3. The fourth-order valence-corrected chi connectivity index (χ4v) is 4.33. The van der Waals surface area contributed by atoms with Gasteiger partial charge in [-0.05, 0) is 43.2 Å². The minimum absolute atomic E-state index is 0.0748. The number of para-hydroxylation sites is 1. The number of unbranched alkanes of at least 4 members (excludes halogenated alkanes) is 1. The molecule has 0 aliphatic rings. The third-order valence-electron chi connectivity index (χ3n) is 5.40. The third kappa shape index (κ3) is 7.46. The van der Waals surface area contributed by atoms with Crippen molar-refractivity contribution in [3.05, 3.63) is 65.7 Å². The van der Waals surface area contributed by atoms with Crippen molar-refractivity contribution in [1.82, 2.24) is 14.5 Å². The van der Waals surface area contributed by atoms with Crippen LogP contribution in [0.25, 0.3) is 0 Å². The van der Waals surface area contributed by atoms with E-state index in [1.807, 2.05) is 6.92 Å². The van der Waals surface area contributed by atoms with Crippen LogP contribution in [0.3, 0.4) is 0 Å². The maximum atomic E-state index is 14.6. The Kier molecular flexibility index (Phi) is 10.1. The largest absolute Gasteiger partial charge is 0.354 e. The van der Waals surface area contributed by atoms with E-state index in [2.05, 4.69) is 5.32 Å². The van der Waals surface area contributed by atoms with E-state index < -0.39 is 46.2 Å². The highest BCUT2D eigenvalue weighted by Gasteiger charge is 2.33. The van der Waals surface area contributed by atoms with Gasteiger partial charge in [0.15, 0.2) is 0 Å². The molecular weight excluding hydrogens is 478 g/mol. The smallest absolute Gasteiger partial charge is 0.304 e. The highest BCUT2D eigenvalue weighted by atomic mass is 32.2. The quantitative estimate of drug-likeness (QED) is 0.445. The first kappa shape index (κ1) is 28.2. The summed E-state index contributed by atoms with van der Waals surface area (Å²) < 4.78 is 55.5.